The highest BCUT2D eigenvalue weighted by atomic mass is 35.5. The average molecular weight is 285 g/mol. The van der Waals surface area contributed by atoms with Gasteiger partial charge in [0.2, 0.25) is 0 Å². The van der Waals surface area contributed by atoms with Crippen LogP contribution >= 0.6 is 22.9 Å². The minimum Gasteiger partial charge on any atom is -0.372 e. The lowest BCUT2D eigenvalue weighted by Crippen LogP contribution is -2.55. The molecule has 18 heavy (non-hydrogen) atoms. The molecule has 2 saturated carbocycles. The summed E-state index contributed by atoms with van der Waals surface area (Å²) in [4.78, 5) is 1.33. The van der Waals surface area contributed by atoms with E-state index in [0.717, 1.165) is 13.0 Å². The molecule has 0 aliphatic heterocycles. The van der Waals surface area contributed by atoms with Gasteiger partial charge < -0.3 is 4.74 Å². The molecule has 0 aromatic carbocycles. The Bertz CT molecular complexity index is 368. The van der Waals surface area contributed by atoms with E-state index >= 15 is 0 Å². The van der Waals surface area contributed by atoms with Crippen molar-refractivity contribution in [3.8, 4) is 0 Å². The van der Waals surface area contributed by atoms with Crippen molar-refractivity contribution in [1.29, 1.82) is 0 Å². The Kier molecular flexibility index (Phi) is 3.97. The van der Waals surface area contributed by atoms with Crippen molar-refractivity contribution in [3.63, 3.8) is 0 Å². The summed E-state index contributed by atoms with van der Waals surface area (Å²) in [5, 5.41) is 2.47. The van der Waals surface area contributed by atoms with Crippen molar-refractivity contribution in [2.24, 2.45) is 5.41 Å². The lowest BCUT2D eigenvalue weighted by atomic mass is 9.61. The van der Waals surface area contributed by atoms with E-state index in [-0.39, 0.29) is 0 Å². The van der Waals surface area contributed by atoms with Crippen molar-refractivity contribution >= 4 is 22.9 Å². The summed E-state index contributed by atoms with van der Waals surface area (Å²) in [5.74, 6) is 0. The van der Waals surface area contributed by atoms with Crippen LogP contribution in [0.5, 0.6) is 0 Å². The molecule has 1 nitrogen and oxygen atoms in total. The molecule has 2 fully saturated rings. The van der Waals surface area contributed by atoms with Crippen molar-refractivity contribution in [1.82, 2.24) is 0 Å². The standard InChI is InChI=1S/C15H21ClOS/c16-13-10-14(17-11-12-6-5-9-18-12)15(13)7-3-1-2-4-8-15/h5-6,9,13-14H,1-4,7-8,10-11H2. The molecule has 3 rings (SSSR count). The van der Waals surface area contributed by atoms with E-state index in [9.17, 15) is 0 Å². The zero-order chi connectivity index (χ0) is 12.4. The largest absolute Gasteiger partial charge is 0.372 e. The van der Waals surface area contributed by atoms with Gasteiger partial charge in [0.15, 0.2) is 0 Å². The minimum atomic E-state index is 0.301. The van der Waals surface area contributed by atoms with E-state index in [1.54, 1.807) is 11.3 Å². The van der Waals surface area contributed by atoms with Crippen molar-refractivity contribution in [2.45, 2.75) is 63.0 Å². The van der Waals surface area contributed by atoms with Gasteiger partial charge in [-0.05, 0) is 30.7 Å². The van der Waals surface area contributed by atoms with Crippen molar-refractivity contribution in [3.05, 3.63) is 22.4 Å². The number of alkyl halides is 1. The van der Waals surface area contributed by atoms with Crippen LogP contribution in [0.4, 0.5) is 0 Å². The molecule has 2 unspecified atom stereocenters. The van der Waals surface area contributed by atoms with Gasteiger partial charge in [-0.3, -0.25) is 0 Å². The second-order valence-corrected chi connectivity index (χ2v) is 7.29. The smallest absolute Gasteiger partial charge is 0.0813 e. The quantitative estimate of drug-likeness (QED) is 0.711. The first-order valence-electron chi connectivity index (χ1n) is 7.09. The third-order valence-corrected chi connectivity index (χ3v) is 6.19. The molecule has 1 aromatic rings. The normalized spacial score (nSPS) is 30.9. The van der Waals surface area contributed by atoms with Crippen LogP contribution in [0.1, 0.15) is 49.8 Å². The van der Waals surface area contributed by atoms with E-state index in [0.29, 0.717) is 16.9 Å². The molecule has 2 atom stereocenters. The fraction of sp³-hybridized carbons (Fsp3) is 0.733. The highest BCUT2D eigenvalue weighted by Gasteiger charge is 2.54. The highest BCUT2D eigenvalue weighted by Crippen LogP contribution is 2.55. The maximum atomic E-state index is 6.54. The average Bonchev–Trinajstić information content (AvgIpc) is 2.75. The first kappa shape index (κ1) is 13.0. The molecule has 2 aliphatic rings. The van der Waals surface area contributed by atoms with Gasteiger partial charge >= 0.3 is 0 Å². The van der Waals surface area contributed by atoms with Crippen LogP contribution in [0.3, 0.4) is 0 Å². The Balaban J connectivity index is 1.61. The Morgan fingerprint density at radius 2 is 2.06 bits per heavy atom. The van der Waals surface area contributed by atoms with Crippen LogP contribution in [0.2, 0.25) is 0 Å². The maximum Gasteiger partial charge on any atom is 0.0813 e. The molecular weight excluding hydrogens is 264 g/mol. The van der Waals surface area contributed by atoms with Crippen LogP contribution in [0.15, 0.2) is 17.5 Å². The van der Waals surface area contributed by atoms with Gasteiger partial charge in [0.25, 0.3) is 0 Å². The zero-order valence-corrected chi connectivity index (χ0v) is 12.3. The summed E-state index contributed by atoms with van der Waals surface area (Å²) >= 11 is 8.32. The monoisotopic (exact) mass is 284 g/mol. The van der Waals surface area contributed by atoms with Gasteiger partial charge in [0, 0.05) is 15.7 Å². The Morgan fingerprint density at radius 1 is 1.28 bits per heavy atom. The predicted molar refractivity (Wildman–Crippen MR) is 77.3 cm³/mol. The van der Waals surface area contributed by atoms with Gasteiger partial charge in [0.05, 0.1) is 12.7 Å². The second-order valence-electron chi connectivity index (χ2n) is 5.73. The summed E-state index contributed by atoms with van der Waals surface area (Å²) in [5.41, 5.74) is 0.301. The van der Waals surface area contributed by atoms with E-state index < -0.39 is 0 Å². The summed E-state index contributed by atoms with van der Waals surface area (Å²) in [6.07, 6.45) is 9.43. The zero-order valence-electron chi connectivity index (χ0n) is 10.7. The first-order chi connectivity index (χ1) is 8.81. The van der Waals surface area contributed by atoms with E-state index in [1.165, 1.54) is 43.4 Å². The molecule has 3 heteroatoms. The topological polar surface area (TPSA) is 9.23 Å². The van der Waals surface area contributed by atoms with E-state index in [2.05, 4.69) is 17.5 Å². The molecule has 0 radical (unpaired) electrons. The molecule has 2 aliphatic carbocycles. The Morgan fingerprint density at radius 3 is 2.67 bits per heavy atom. The summed E-state index contributed by atoms with van der Waals surface area (Å²) in [6, 6.07) is 4.25. The number of hydrogen-bond acceptors (Lipinski definition) is 2. The fourth-order valence-electron chi connectivity index (χ4n) is 3.53. The van der Waals surface area contributed by atoms with E-state index in [4.69, 9.17) is 16.3 Å². The molecule has 0 amide bonds. The van der Waals surface area contributed by atoms with Gasteiger partial charge in [-0.1, -0.05) is 31.7 Å². The fourth-order valence-corrected chi connectivity index (χ4v) is 4.68. The third kappa shape index (κ3) is 2.35. The number of thiophene rings is 1. The van der Waals surface area contributed by atoms with Crippen LogP contribution < -0.4 is 0 Å². The van der Waals surface area contributed by atoms with E-state index in [1.807, 2.05) is 0 Å². The highest BCUT2D eigenvalue weighted by molar-refractivity contribution is 7.09. The van der Waals surface area contributed by atoms with Gasteiger partial charge in [0.1, 0.15) is 0 Å². The van der Waals surface area contributed by atoms with Crippen LogP contribution in [0.25, 0.3) is 0 Å². The first-order valence-corrected chi connectivity index (χ1v) is 8.41. The second kappa shape index (κ2) is 5.52. The lowest BCUT2D eigenvalue weighted by Gasteiger charge is -2.53. The lowest BCUT2D eigenvalue weighted by molar-refractivity contribution is -0.121. The SMILES string of the molecule is ClC1CC(OCc2cccs2)C12CCCCCC2. The maximum absolute atomic E-state index is 6.54. The molecular formula is C15H21ClOS. The minimum absolute atomic E-state index is 0.301. The number of rotatable bonds is 3. The van der Waals surface area contributed by atoms with Crippen LogP contribution in [-0.2, 0) is 11.3 Å². The third-order valence-electron chi connectivity index (χ3n) is 4.73. The summed E-state index contributed by atoms with van der Waals surface area (Å²) in [7, 11) is 0. The summed E-state index contributed by atoms with van der Waals surface area (Å²) < 4.78 is 6.17. The molecule has 1 aromatic heterocycles. The molecule has 0 saturated heterocycles. The van der Waals surface area contributed by atoms with Crippen molar-refractivity contribution in [2.75, 3.05) is 0 Å². The Hall–Kier alpha value is -0.0500. The Labute approximate surface area is 118 Å². The van der Waals surface area contributed by atoms with Gasteiger partial charge in [-0.25, -0.2) is 0 Å². The molecule has 0 N–H and O–H groups in total. The molecule has 0 bridgehead atoms. The van der Waals surface area contributed by atoms with Gasteiger partial charge in [-0.2, -0.15) is 0 Å². The molecule has 100 valence electrons. The molecule has 1 spiro atoms. The predicted octanol–water partition coefficient (Wildman–Crippen LogP) is 4.99. The molecule has 1 heterocycles. The number of ether oxygens (including phenoxy) is 1. The van der Waals surface area contributed by atoms with Gasteiger partial charge in [-0.15, -0.1) is 22.9 Å². The number of hydrogen-bond donors (Lipinski definition) is 0. The van der Waals surface area contributed by atoms with Crippen LogP contribution in [-0.4, -0.2) is 11.5 Å². The van der Waals surface area contributed by atoms with Crippen molar-refractivity contribution < 1.29 is 4.74 Å². The van der Waals surface area contributed by atoms with Crippen LogP contribution in [0, 0.1) is 5.41 Å². The number of halogens is 1. The summed E-state index contributed by atoms with van der Waals surface area (Å²) in [6.45, 7) is 0.772.